The summed E-state index contributed by atoms with van der Waals surface area (Å²) >= 11 is 11.6. The van der Waals surface area contributed by atoms with Crippen molar-refractivity contribution in [1.82, 2.24) is 9.97 Å². The Morgan fingerprint density at radius 2 is 1.36 bits per heavy atom. The van der Waals surface area contributed by atoms with Gasteiger partial charge in [0.15, 0.2) is 0 Å². The van der Waals surface area contributed by atoms with Crippen LogP contribution in [0.3, 0.4) is 0 Å². The molecule has 0 bridgehead atoms. The van der Waals surface area contributed by atoms with Gasteiger partial charge in [0.1, 0.15) is 11.4 Å². The molecule has 3 rings (SSSR count). The Morgan fingerprint density at radius 1 is 0.889 bits per heavy atom. The number of aromatic nitrogens is 2. The number of rotatable bonds is 7. The molecule has 2 aromatic heterocycles. The van der Waals surface area contributed by atoms with Crippen molar-refractivity contribution >= 4 is 45.3 Å². The molecule has 13 heteroatoms. The van der Waals surface area contributed by atoms with Crippen molar-refractivity contribution < 1.29 is 36.8 Å². The van der Waals surface area contributed by atoms with Gasteiger partial charge < -0.3 is 14.6 Å². The second kappa shape index (κ2) is 13.3. The predicted molar refractivity (Wildman–Crippen MR) is 130 cm³/mol. The Morgan fingerprint density at radius 3 is 1.83 bits per heavy atom. The molecule has 0 amide bonds. The van der Waals surface area contributed by atoms with E-state index in [4.69, 9.17) is 32.5 Å². The molecule has 2 heterocycles. The van der Waals surface area contributed by atoms with Crippen molar-refractivity contribution in [2.45, 2.75) is 25.0 Å². The first-order valence-electron chi connectivity index (χ1n) is 10.0. The summed E-state index contributed by atoms with van der Waals surface area (Å²) in [6.07, 6.45) is 2.55. The highest BCUT2D eigenvalue weighted by molar-refractivity contribution is 7.86. The van der Waals surface area contributed by atoms with Crippen molar-refractivity contribution in [2.75, 3.05) is 14.2 Å². The van der Waals surface area contributed by atoms with Crippen LogP contribution in [0, 0.1) is 6.92 Å². The molecule has 0 aliphatic rings. The van der Waals surface area contributed by atoms with Gasteiger partial charge >= 0.3 is 11.9 Å². The number of carbonyl (C=O) groups excluding carboxylic acids is 2. The zero-order valence-corrected chi connectivity index (χ0v) is 21.7. The summed E-state index contributed by atoms with van der Waals surface area (Å²) in [5, 5.41) is 9.35. The van der Waals surface area contributed by atoms with E-state index >= 15 is 0 Å². The molecule has 0 aliphatic carbocycles. The number of ether oxygens (including phenoxy) is 2. The second-order valence-electron chi connectivity index (χ2n) is 6.99. The van der Waals surface area contributed by atoms with E-state index in [0.29, 0.717) is 16.1 Å². The van der Waals surface area contributed by atoms with Gasteiger partial charge in [-0.3, -0.25) is 4.18 Å². The summed E-state index contributed by atoms with van der Waals surface area (Å²) in [6.45, 7) is 1.30. The van der Waals surface area contributed by atoms with E-state index in [-0.39, 0.29) is 34.5 Å². The molecule has 3 aromatic rings. The maximum absolute atomic E-state index is 12.1. The van der Waals surface area contributed by atoms with E-state index in [9.17, 15) is 18.0 Å². The number of hydrogen-bond donors (Lipinski definition) is 1. The lowest BCUT2D eigenvalue weighted by atomic mass is 10.2. The fourth-order valence-electron chi connectivity index (χ4n) is 2.54. The smallest absolute Gasteiger partial charge is 0.356 e. The van der Waals surface area contributed by atoms with Gasteiger partial charge in [-0.1, -0.05) is 40.9 Å². The molecule has 0 fully saturated rings. The lowest BCUT2D eigenvalue weighted by molar-refractivity contribution is 0.0585. The SMILES string of the molecule is COC(=O)c1cc(CO)c(Cl)cn1.COC(=O)c1cc(COS(=O)(=O)c2ccc(C)cc2)c(Cl)cn1. The fourth-order valence-corrected chi connectivity index (χ4v) is 3.75. The van der Waals surface area contributed by atoms with Crippen LogP contribution in [0.15, 0.2) is 53.7 Å². The number of pyridine rings is 2. The summed E-state index contributed by atoms with van der Waals surface area (Å²) in [6, 6.07) is 8.99. The Bertz CT molecular complexity index is 1330. The van der Waals surface area contributed by atoms with Crippen LogP contribution in [-0.2, 0) is 37.0 Å². The summed E-state index contributed by atoms with van der Waals surface area (Å²) in [4.78, 5) is 30.0. The Hall–Kier alpha value is -3.09. The standard InChI is InChI=1S/C15H14ClNO5S.C8H8ClNO3/c1-10-3-5-12(6-4-10)23(19,20)22-9-11-7-14(15(18)21-2)17-8-13(11)16;1-13-8(12)7-2-5(4-11)6(9)3-10-7/h3-8H,9H2,1-2H3;2-3,11H,4H2,1H3. The maximum atomic E-state index is 12.1. The predicted octanol–water partition coefficient (Wildman–Crippen LogP) is 3.75. The third-order valence-corrected chi connectivity index (χ3v) is 6.47. The largest absolute Gasteiger partial charge is 0.464 e. The zero-order chi connectivity index (χ0) is 26.9. The summed E-state index contributed by atoms with van der Waals surface area (Å²) in [5.41, 5.74) is 1.86. The highest BCUT2D eigenvalue weighted by Crippen LogP contribution is 2.21. The van der Waals surface area contributed by atoms with Gasteiger partial charge in [-0.2, -0.15) is 8.42 Å². The highest BCUT2D eigenvalue weighted by atomic mass is 35.5. The lowest BCUT2D eigenvalue weighted by Crippen LogP contribution is -2.09. The van der Waals surface area contributed by atoms with Crippen LogP contribution in [-0.4, -0.2) is 49.7 Å². The van der Waals surface area contributed by atoms with Crippen molar-refractivity contribution in [2.24, 2.45) is 0 Å². The quantitative estimate of drug-likeness (QED) is 0.337. The molecule has 0 unspecified atom stereocenters. The van der Waals surface area contributed by atoms with E-state index in [0.717, 1.165) is 5.56 Å². The van der Waals surface area contributed by atoms with Gasteiger partial charge in [0.2, 0.25) is 0 Å². The minimum absolute atomic E-state index is 0.0169. The number of aliphatic hydroxyl groups is 1. The first-order chi connectivity index (χ1) is 17.0. The van der Waals surface area contributed by atoms with Crippen molar-refractivity contribution in [3.05, 3.63) is 86.9 Å². The molecular formula is C23H22Cl2N2O8S. The van der Waals surface area contributed by atoms with Crippen molar-refractivity contribution in [3.8, 4) is 0 Å². The van der Waals surface area contributed by atoms with Crippen LogP contribution in [0.2, 0.25) is 10.0 Å². The van der Waals surface area contributed by atoms with E-state index in [1.54, 1.807) is 12.1 Å². The number of nitrogens with zero attached hydrogens (tertiary/aromatic N) is 2. The van der Waals surface area contributed by atoms with E-state index in [2.05, 4.69) is 19.4 Å². The van der Waals surface area contributed by atoms with Crippen molar-refractivity contribution in [1.29, 1.82) is 0 Å². The van der Waals surface area contributed by atoms with Gasteiger partial charge in [-0.25, -0.2) is 19.6 Å². The normalized spacial score (nSPS) is 10.7. The molecule has 0 radical (unpaired) electrons. The van der Waals surface area contributed by atoms with Crippen LogP contribution in [0.25, 0.3) is 0 Å². The molecular weight excluding hydrogens is 535 g/mol. The maximum Gasteiger partial charge on any atom is 0.356 e. The minimum atomic E-state index is -3.93. The monoisotopic (exact) mass is 556 g/mol. The number of aliphatic hydroxyl groups excluding tert-OH is 1. The van der Waals surface area contributed by atoms with Crippen LogP contribution >= 0.6 is 23.2 Å². The number of benzene rings is 1. The summed E-state index contributed by atoms with van der Waals surface area (Å²) in [5.74, 6) is -1.20. The Kier molecular flexibility index (Phi) is 10.8. The summed E-state index contributed by atoms with van der Waals surface area (Å²) in [7, 11) is -1.45. The number of hydrogen-bond acceptors (Lipinski definition) is 10. The molecule has 36 heavy (non-hydrogen) atoms. The second-order valence-corrected chi connectivity index (χ2v) is 9.42. The van der Waals surface area contributed by atoms with Crippen LogP contribution in [0.1, 0.15) is 37.7 Å². The molecule has 0 saturated carbocycles. The third kappa shape index (κ3) is 7.97. The first kappa shape index (κ1) is 29.1. The third-order valence-electron chi connectivity index (χ3n) is 4.51. The van der Waals surface area contributed by atoms with Crippen molar-refractivity contribution in [3.63, 3.8) is 0 Å². The number of methoxy groups -OCH3 is 2. The number of halogens is 2. The van der Waals surface area contributed by atoms with Gasteiger partial charge in [0, 0.05) is 23.5 Å². The molecule has 0 spiro atoms. The van der Waals surface area contributed by atoms with Crippen LogP contribution in [0.4, 0.5) is 0 Å². The molecule has 0 atom stereocenters. The zero-order valence-electron chi connectivity index (χ0n) is 19.4. The highest BCUT2D eigenvalue weighted by Gasteiger charge is 2.17. The van der Waals surface area contributed by atoms with E-state index < -0.39 is 22.1 Å². The van der Waals surface area contributed by atoms with E-state index in [1.807, 2.05) is 6.92 Å². The van der Waals surface area contributed by atoms with Gasteiger partial charge in [-0.15, -0.1) is 0 Å². The Labute approximate surface area is 217 Å². The summed E-state index contributed by atoms with van der Waals surface area (Å²) < 4.78 is 38.3. The minimum Gasteiger partial charge on any atom is -0.464 e. The van der Waals surface area contributed by atoms with Crippen LogP contribution < -0.4 is 0 Å². The lowest BCUT2D eigenvalue weighted by Gasteiger charge is -2.08. The number of aryl methyl sites for hydroxylation is 1. The number of carbonyl (C=O) groups is 2. The average molecular weight is 557 g/mol. The number of esters is 2. The molecule has 192 valence electrons. The molecule has 0 aliphatic heterocycles. The van der Waals surface area contributed by atoms with E-state index in [1.165, 1.54) is 50.9 Å². The van der Waals surface area contributed by atoms with Gasteiger partial charge in [0.05, 0.1) is 42.4 Å². The Balaban J connectivity index is 0.000000297. The molecule has 1 aromatic carbocycles. The van der Waals surface area contributed by atoms with Gasteiger partial charge in [-0.05, 0) is 31.2 Å². The molecule has 1 N–H and O–H groups in total. The molecule has 0 saturated heterocycles. The fraction of sp³-hybridized carbons (Fsp3) is 0.217. The topological polar surface area (TPSA) is 142 Å². The first-order valence-corrected chi connectivity index (χ1v) is 12.2. The van der Waals surface area contributed by atoms with Gasteiger partial charge in [0.25, 0.3) is 10.1 Å². The molecule has 10 nitrogen and oxygen atoms in total. The average Bonchev–Trinajstić information content (AvgIpc) is 2.88. The van der Waals surface area contributed by atoms with Crippen LogP contribution in [0.5, 0.6) is 0 Å².